The monoisotopic (exact) mass is 274 g/mol. The standard InChI is InChI=1S/C12H19FN2O2S/c1-9-6-11(7-10(2)12(9)13)8-15-18(16,17)5-3-4-14/h6-7,15H,3-5,8,14H2,1-2H3. The third-order valence-electron chi connectivity index (χ3n) is 2.61. The molecule has 102 valence electrons. The molecule has 0 aliphatic heterocycles. The summed E-state index contributed by atoms with van der Waals surface area (Å²) in [6.07, 6.45) is 0.427. The lowest BCUT2D eigenvalue weighted by molar-refractivity contribution is 0.578. The summed E-state index contributed by atoms with van der Waals surface area (Å²) in [6, 6.07) is 3.29. The minimum atomic E-state index is -3.30. The molecular formula is C12H19FN2O2S. The Kier molecular flexibility index (Phi) is 5.25. The quantitative estimate of drug-likeness (QED) is 0.819. The van der Waals surface area contributed by atoms with E-state index in [0.29, 0.717) is 24.1 Å². The minimum Gasteiger partial charge on any atom is -0.330 e. The molecular weight excluding hydrogens is 255 g/mol. The zero-order valence-electron chi connectivity index (χ0n) is 10.7. The molecule has 0 saturated carbocycles. The molecule has 0 fully saturated rings. The second-order valence-corrected chi connectivity index (χ2v) is 6.25. The molecule has 0 unspecified atom stereocenters. The van der Waals surface area contributed by atoms with Crippen LogP contribution in [-0.4, -0.2) is 20.7 Å². The number of hydrogen-bond donors (Lipinski definition) is 2. The molecule has 3 N–H and O–H groups in total. The van der Waals surface area contributed by atoms with E-state index in [2.05, 4.69) is 4.72 Å². The van der Waals surface area contributed by atoms with Gasteiger partial charge in [-0.15, -0.1) is 0 Å². The van der Waals surface area contributed by atoms with Crippen molar-refractivity contribution in [2.45, 2.75) is 26.8 Å². The summed E-state index contributed by atoms with van der Waals surface area (Å²) in [4.78, 5) is 0. The Morgan fingerprint density at radius 3 is 2.33 bits per heavy atom. The van der Waals surface area contributed by atoms with Crippen LogP contribution in [0.5, 0.6) is 0 Å². The molecule has 4 nitrogen and oxygen atoms in total. The van der Waals surface area contributed by atoms with Crippen LogP contribution in [0.4, 0.5) is 4.39 Å². The molecule has 1 aromatic rings. The van der Waals surface area contributed by atoms with Crippen LogP contribution in [0.15, 0.2) is 12.1 Å². The van der Waals surface area contributed by atoms with E-state index in [9.17, 15) is 12.8 Å². The molecule has 0 spiro atoms. The maximum Gasteiger partial charge on any atom is 0.211 e. The highest BCUT2D eigenvalue weighted by Crippen LogP contribution is 2.14. The van der Waals surface area contributed by atoms with E-state index in [0.717, 1.165) is 5.56 Å². The first-order valence-corrected chi connectivity index (χ1v) is 7.44. The lowest BCUT2D eigenvalue weighted by Gasteiger charge is -2.09. The third kappa shape index (κ3) is 4.36. The fourth-order valence-electron chi connectivity index (χ4n) is 1.68. The van der Waals surface area contributed by atoms with Gasteiger partial charge >= 0.3 is 0 Å². The van der Waals surface area contributed by atoms with Crippen molar-refractivity contribution < 1.29 is 12.8 Å². The summed E-state index contributed by atoms with van der Waals surface area (Å²) in [5.74, 6) is -0.229. The Morgan fingerprint density at radius 2 is 1.83 bits per heavy atom. The molecule has 0 aliphatic rings. The molecule has 0 aliphatic carbocycles. The summed E-state index contributed by atoms with van der Waals surface area (Å²) >= 11 is 0. The smallest absolute Gasteiger partial charge is 0.211 e. The number of nitrogens with two attached hydrogens (primary N) is 1. The third-order valence-corrected chi connectivity index (χ3v) is 4.02. The van der Waals surface area contributed by atoms with Gasteiger partial charge in [-0.05, 0) is 43.5 Å². The van der Waals surface area contributed by atoms with E-state index in [4.69, 9.17) is 5.73 Å². The second-order valence-electron chi connectivity index (χ2n) is 4.33. The SMILES string of the molecule is Cc1cc(CNS(=O)(=O)CCCN)cc(C)c1F. The largest absolute Gasteiger partial charge is 0.330 e. The Labute approximate surface area is 107 Å². The number of rotatable bonds is 6. The number of benzene rings is 1. The fourth-order valence-corrected chi connectivity index (χ4v) is 2.75. The molecule has 0 heterocycles. The minimum absolute atomic E-state index is 0.0165. The summed E-state index contributed by atoms with van der Waals surface area (Å²) in [7, 11) is -3.30. The van der Waals surface area contributed by atoms with Gasteiger partial charge in [0.15, 0.2) is 0 Å². The van der Waals surface area contributed by atoms with Crippen LogP contribution in [0.25, 0.3) is 0 Å². The van der Waals surface area contributed by atoms with Gasteiger partial charge in [-0.2, -0.15) is 0 Å². The molecule has 0 amide bonds. The van der Waals surface area contributed by atoms with E-state index in [1.54, 1.807) is 26.0 Å². The number of aryl methyl sites for hydroxylation is 2. The second kappa shape index (κ2) is 6.26. The number of halogens is 1. The zero-order chi connectivity index (χ0) is 13.8. The molecule has 0 radical (unpaired) electrons. The summed E-state index contributed by atoms with van der Waals surface area (Å²) < 4.78 is 39.0. The van der Waals surface area contributed by atoms with Crippen molar-refractivity contribution in [1.29, 1.82) is 0 Å². The molecule has 0 aromatic heterocycles. The van der Waals surface area contributed by atoms with E-state index >= 15 is 0 Å². The van der Waals surface area contributed by atoms with Gasteiger partial charge in [-0.1, -0.05) is 12.1 Å². The topological polar surface area (TPSA) is 72.2 Å². The highest BCUT2D eigenvalue weighted by Gasteiger charge is 2.10. The summed E-state index contributed by atoms with van der Waals surface area (Å²) in [6.45, 7) is 3.84. The highest BCUT2D eigenvalue weighted by atomic mass is 32.2. The van der Waals surface area contributed by atoms with Crippen LogP contribution in [0, 0.1) is 19.7 Å². The Morgan fingerprint density at radius 1 is 1.28 bits per heavy atom. The van der Waals surface area contributed by atoms with Gasteiger partial charge < -0.3 is 5.73 Å². The van der Waals surface area contributed by atoms with Crippen LogP contribution < -0.4 is 10.5 Å². The van der Waals surface area contributed by atoms with Crippen molar-refractivity contribution in [2.24, 2.45) is 5.73 Å². The van der Waals surface area contributed by atoms with Gasteiger partial charge in [0.05, 0.1) is 5.75 Å². The van der Waals surface area contributed by atoms with Crippen molar-refractivity contribution >= 4 is 10.0 Å². The Balaban J connectivity index is 2.69. The van der Waals surface area contributed by atoms with Crippen molar-refractivity contribution in [1.82, 2.24) is 4.72 Å². The van der Waals surface area contributed by atoms with Crippen molar-refractivity contribution in [3.63, 3.8) is 0 Å². The van der Waals surface area contributed by atoms with Crippen molar-refractivity contribution in [3.8, 4) is 0 Å². The molecule has 18 heavy (non-hydrogen) atoms. The molecule has 0 atom stereocenters. The van der Waals surface area contributed by atoms with Crippen molar-refractivity contribution in [3.05, 3.63) is 34.6 Å². The molecule has 1 aromatic carbocycles. The van der Waals surface area contributed by atoms with E-state index in [1.165, 1.54) is 0 Å². The predicted octanol–water partition coefficient (Wildman–Crippen LogP) is 1.21. The first-order valence-electron chi connectivity index (χ1n) is 5.79. The number of hydrogen-bond acceptors (Lipinski definition) is 3. The van der Waals surface area contributed by atoms with Crippen LogP contribution in [0.3, 0.4) is 0 Å². The highest BCUT2D eigenvalue weighted by molar-refractivity contribution is 7.89. The normalized spacial score (nSPS) is 11.8. The van der Waals surface area contributed by atoms with Gasteiger partial charge in [-0.3, -0.25) is 0 Å². The first kappa shape index (κ1) is 15.1. The summed E-state index contributed by atoms with van der Waals surface area (Å²) in [5, 5.41) is 0. The van der Waals surface area contributed by atoms with E-state index in [-0.39, 0.29) is 18.1 Å². The van der Waals surface area contributed by atoms with Gasteiger partial charge in [0, 0.05) is 6.54 Å². The first-order chi connectivity index (χ1) is 8.35. The lowest BCUT2D eigenvalue weighted by atomic mass is 10.1. The Hall–Kier alpha value is -0.980. The van der Waals surface area contributed by atoms with Gasteiger partial charge in [0.1, 0.15) is 5.82 Å². The average Bonchev–Trinajstić information content (AvgIpc) is 2.31. The Bertz CT molecular complexity index is 492. The van der Waals surface area contributed by atoms with Crippen LogP contribution in [-0.2, 0) is 16.6 Å². The molecule has 1 rings (SSSR count). The summed E-state index contributed by atoms with van der Waals surface area (Å²) in [5.41, 5.74) is 7.06. The van der Waals surface area contributed by atoms with Crippen LogP contribution >= 0.6 is 0 Å². The fraction of sp³-hybridized carbons (Fsp3) is 0.500. The lowest BCUT2D eigenvalue weighted by Crippen LogP contribution is -2.27. The average molecular weight is 274 g/mol. The van der Waals surface area contributed by atoms with Crippen LogP contribution in [0.1, 0.15) is 23.1 Å². The molecule has 6 heteroatoms. The van der Waals surface area contributed by atoms with Crippen molar-refractivity contribution in [2.75, 3.05) is 12.3 Å². The number of nitrogens with one attached hydrogen (secondary N) is 1. The number of sulfonamides is 1. The maximum absolute atomic E-state index is 13.4. The molecule has 0 bridgehead atoms. The van der Waals surface area contributed by atoms with E-state index < -0.39 is 10.0 Å². The molecule has 0 saturated heterocycles. The predicted molar refractivity (Wildman–Crippen MR) is 70.2 cm³/mol. The zero-order valence-corrected chi connectivity index (χ0v) is 11.5. The van der Waals surface area contributed by atoms with Gasteiger partial charge in [0.2, 0.25) is 10.0 Å². The van der Waals surface area contributed by atoms with E-state index in [1.807, 2.05) is 0 Å². The van der Waals surface area contributed by atoms with Gasteiger partial charge in [-0.25, -0.2) is 17.5 Å². The maximum atomic E-state index is 13.4. The van der Waals surface area contributed by atoms with Gasteiger partial charge in [0.25, 0.3) is 0 Å². The van der Waals surface area contributed by atoms with Crippen LogP contribution in [0.2, 0.25) is 0 Å².